The standard InChI is InChI=1S/C10H16N4O/c1-8-10(13-15)7-14(12-8)6-9-2-4-11-5-3-9/h7,9,11H,2-6H2,1H3/p+1. The minimum atomic E-state index is 0.518. The van der Waals surface area contributed by atoms with Crippen molar-refractivity contribution in [1.29, 1.82) is 0 Å². The maximum absolute atomic E-state index is 10.4. The molecular weight excluding hydrogens is 192 g/mol. The number of aromatic amines is 1. The highest BCUT2D eigenvalue weighted by Gasteiger charge is 2.20. The quantitative estimate of drug-likeness (QED) is 0.576. The summed E-state index contributed by atoms with van der Waals surface area (Å²) in [5, 5.41) is 9.46. The van der Waals surface area contributed by atoms with Crippen molar-refractivity contribution in [1.82, 2.24) is 10.4 Å². The Morgan fingerprint density at radius 3 is 2.87 bits per heavy atom. The highest BCUT2D eigenvalue weighted by molar-refractivity contribution is 5.35. The van der Waals surface area contributed by atoms with Crippen LogP contribution in [0.5, 0.6) is 0 Å². The molecule has 15 heavy (non-hydrogen) atoms. The van der Waals surface area contributed by atoms with Crippen molar-refractivity contribution in [3.63, 3.8) is 0 Å². The zero-order valence-corrected chi connectivity index (χ0v) is 8.99. The molecule has 1 aromatic heterocycles. The smallest absolute Gasteiger partial charge is 0.224 e. The van der Waals surface area contributed by atoms with Gasteiger partial charge < -0.3 is 5.32 Å². The molecule has 0 atom stereocenters. The Hall–Kier alpha value is -1.23. The molecule has 82 valence electrons. The van der Waals surface area contributed by atoms with Gasteiger partial charge in [-0.05, 0) is 38.0 Å². The van der Waals surface area contributed by atoms with Gasteiger partial charge in [0.15, 0.2) is 12.2 Å². The summed E-state index contributed by atoms with van der Waals surface area (Å²) in [4.78, 5) is 10.4. The van der Waals surface area contributed by atoms with Gasteiger partial charge in [-0.15, -0.1) is 9.59 Å². The van der Waals surface area contributed by atoms with Gasteiger partial charge in [-0.1, -0.05) is 0 Å². The maximum atomic E-state index is 10.4. The molecule has 1 aromatic rings. The molecule has 0 amide bonds. The van der Waals surface area contributed by atoms with E-state index in [-0.39, 0.29) is 0 Å². The van der Waals surface area contributed by atoms with Crippen molar-refractivity contribution in [2.75, 3.05) is 13.1 Å². The van der Waals surface area contributed by atoms with Crippen molar-refractivity contribution >= 4 is 5.69 Å². The average molecular weight is 209 g/mol. The molecule has 0 unspecified atom stereocenters. The van der Waals surface area contributed by atoms with Crippen LogP contribution in [0.25, 0.3) is 0 Å². The van der Waals surface area contributed by atoms with Crippen molar-refractivity contribution in [3.05, 3.63) is 16.8 Å². The summed E-state index contributed by atoms with van der Waals surface area (Å²) in [6.45, 7) is 5.03. The Kier molecular flexibility index (Phi) is 3.11. The molecule has 2 heterocycles. The van der Waals surface area contributed by atoms with E-state index in [0.717, 1.165) is 25.3 Å². The molecule has 0 aliphatic carbocycles. The molecule has 0 aromatic carbocycles. The fraction of sp³-hybridized carbons (Fsp3) is 0.700. The van der Waals surface area contributed by atoms with Crippen LogP contribution in [0.4, 0.5) is 5.69 Å². The van der Waals surface area contributed by atoms with Crippen LogP contribution in [0.3, 0.4) is 0 Å². The fourth-order valence-electron chi connectivity index (χ4n) is 2.08. The van der Waals surface area contributed by atoms with E-state index in [1.165, 1.54) is 12.8 Å². The second-order valence-corrected chi connectivity index (χ2v) is 4.19. The lowest BCUT2D eigenvalue weighted by atomic mass is 9.98. The van der Waals surface area contributed by atoms with Crippen molar-refractivity contribution in [2.45, 2.75) is 26.3 Å². The Morgan fingerprint density at radius 2 is 2.27 bits per heavy atom. The third-order valence-corrected chi connectivity index (χ3v) is 2.99. The molecule has 0 saturated carbocycles. The van der Waals surface area contributed by atoms with E-state index in [0.29, 0.717) is 11.6 Å². The van der Waals surface area contributed by atoms with Crippen LogP contribution in [-0.4, -0.2) is 18.2 Å². The third-order valence-electron chi connectivity index (χ3n) is 2.99. The third kappa shape index (κ3) is 2.41. The lowest BCUT2D eigenvalue weighted by Gasteiger charge is -2.18. The first-order valence-corrected chi connectivity index (χ1v) is 5.42. The number of aromatic nitrogens is 2. The van der Waals surface area contributed by atoms with Gasteiger partial charge in [0.1, 0.15) is 5.69 Å². The van der Waals surface area contributed by atoms with Crippen LogP contribution in [0, 0.1) is 17.7 Å². The van der Waals surface area contributed by atoms with Crippen molar-refractivity contribution in [2.24, 2.45) is 11.1 Å². The van der Waals surface area contributed by atoms with E-state index in [1.807, 2.05) is 11.6 Å². The van der Waals surface area contributed by atoms with Gasteiger partial charge in [-0.3, -0.25) is 0 Å². The van der Waals surface area contributed by atoms with Gasteiger partial charge in [0, 0.05) is 5.92 Å². The first-order valence-electron chi connectivity index (χ1n) is 5.42. The van der Waals surface area contributed by atoms with E-state index in [9.17, 15) is 4.91 Å². The van der Waals surface area contributed by atoms with E-state index in [4.69, 9.17) is 0 Å². The first kappa shape index (κ1) is 10.3. The molecule has 1 aliphatic heterocycles. The summed E-state index contributed by atoms with van der Waals surface area (Å²) >= 11 is 0. The summed E-state index contributed by atoms with van der Waals surface area (Å²) in [5.74, 6) is 0.703. The minimum Gasteiger partial charge on any atom is -0.317 e. The number of nitroso groups, excluding NO2 is 1. The highest BCUT2D eigenvalue weighted by atomic mass is 16.3. The van der Waals surface area contributed by atoms with Crippen molar-refractivity contribution < 1.29 is 4.68 Å². The summed E-state index contributed by atoms with van der Waals surface area (Å²) in [6.07, 6.45) is 4.20. The summed E-state index contributed by atoms with van der Waals surface area (Å²) in [7, 11) is 0. The van der Waals surface area contributed by atoms with Gasteiger partial charge in [0.05, 0.1) is 0 Å². The Labute approximate surface area is 88.8 Å². The summed E-state index contributed by atoms with van der Waals surface area (Å²) in [5.41, 5.74) is 1.36. The van der Waals surface area contributed by atoms with Gasteiger partial charge >= 0.3 is 0 Å². The molecule has 1 aliphatic rings. The average Bonchev–Trinajstić information content (AvgIpc) is 2.60. The number of rotatable bonds is 3. The number of piperidine rings is 1. The van der Waals surface area contributed by atoms with Gasteiger partial charge in [-0.25, -0.2) is 0 Å². The monoisotopic (exact) mass is 209 g/mol. The number of nitrogens with one attached hydrogen (secondary N) is 2. The maximum Gasteiger partial charge on any atom is 0.224 e. The molecule has 5 heteroatoms. The largest absolute Gasteiger partial charge is 0.317 e. The number of hydrogen-bond acceptors (Lipinski definition) is 3. The minimum absolute atomic E-state index is 0.518. The fourth-order valence-corrected chi connectivity index (χ4v) is 2.08. The van der Waals surface area contributed by atoms with E-state index in [1.54, 1.807) is 6.20 Å². The van der Waals surface area contributed by atoms with Crippen LogP contribution < -0.4 is 10.00 Å². The van der Waals surface area contributed by atoms with Gasteiger partial charge in [-0.2, -0.15) is 5.10 Å². The topological polar surface area (TPSA) is 61.1 Å². The van der Waals surface area contributed by atoms with Crippen molar-refractivity contribution in [3.8, 4) is 0 Å². The lowest BCUT2D eigenvalue weighted by molar-refractivity contribution is -0.756. The van der Waals surface area contributed by atoms with Crippen LogP contribution in [-0.2, 0) is 6.54 Å². The predicted octanol–water partition coefficient (Wildman–Crippen LogP) is 1.01. The zero-order valence-electron chi connectivity index (χ0n) is 8.99. The molecule has 2 rings (SSSR count). The van der Waals surface area contributed by atoms with E-state index < -0.39 is 0 Å². The second kappa shape index (κ2) is 4.53. The Morgan fingerprint density at radius 1 is 1.53 bits per heavy atom. The SMILES string of the molecule is Cc1[nH][n+](CC2CCNCC2)cc1N=O. The first-order chi connectivity index (χ1) is 7.29. The zero-order chi connectivity index (χ0) is 10.7. The Balaban J connectivity index is 2.00. The summed E-state index contributed by atoms with van der Waals surface area (Å²) < 4.78 is 1.97. The molecule has 1 fully saturated rings. The molecule has 1 saturated heterocycles. The molecule has 0 bridgehead atoms. The van der Waals surface area contributed by atoms with Gasteiger partial charge in [0.2, 0.25) is 6.20 Å². The molecular formula is C10H17N4O+. The van der Waals surface area contributed by atoms with Gasteiger partial charge in [0.25, 0.3) is 0 Å². The predicted molar refractivity (Wildman–Crippen MR) is 56.8 cm³/mol. The van der Waals surface area contributed by atoms with Crippen LogP contribution in [0.15, 0.2) is 11.4 Å². The molecule has 2 N–H and O–H groups in total. The number of hydrogen-bond donors (Lipinski definition) is 2. The second-order valence-electron chi connectivity index (χ2n) is 4.19. The van der Waals surface area contributed by atoms with E-state index >= 15 is 0 Å². The van der Waals surface area contributed by atoms with Crippen LogP contribution in [0.1, 0.15) is 18.5 Å². The number of H-pyrrole nitrogens is 1. The number of nitrogens with zero attached hydrogens (tertiary/aromatic N) is 2. The molecule has 0 spiro atoms. The van der Waals surface area contributed by atoms with E-state index in [2.05, 4.69) is 15.6 Å². The summed E-state index contributed by atoms with van der Waals surface area (Å²) in [6, 6.07) is 0. The molecule has 5 nitrogen and oxygen atoms in total. The number of aryl methyl sites for hydroxylation is 1. The highest BCUT2D eigenvalue weighted by Crippen LogP contribution is 2.15. The normalized spacial score (nSPS) is 17.9. The van der Waals surface area contributed by atoms with Crippen LogP contribution >= 0.6 is 0 Å². The molecule has 0 radical (unpaired) electrons. The lowest BCUT2D eigenvalue weighted by Crippen LogP contribution is -2.42. The Bertz CT molecular complexity index is 341. The van der Waals surface area contributed by atoms with Crippen LogP contribution in [0.2, 0.25) is 0 Å².